The van der Waals surface area contributed by atoms with E-state index in [1.165, 1.54) is 11.3 Å². The van der Waals surface area contributed by atoms with Crippen LogP contribution in [-0.4, -0.2) is 29.0 Å². The van der Waals surface area contributed by atoms with E-state index in [0.717, 1.165) is 10.7 Å². The molecular weight excluding hydrogens is 331 g/mol. The lowest BCUT2D eigenvalue weighted by Crippen LogP contribution is -2.26. The molecule has 116 valence electrons. The molecule has 5 nitrogen and oxygen atoms in total. The van der Waals surface area contributed by atoms with Gasteiger partial charge in [0.15, 0.2) is 0 Å². The van der Waals surface area contributed by atoms with Crippen LogP contribution < -0.4 is 11.1 Å². The van der Waals surface area contributed by atoms with Gasteiger partial charge in [0.25, 0.3) is 5.91 Å². The Labute approximate surface area is 140 Å². The predicted molar refractivity (Wildman–Crippen MR) is 89.6 cm³/mol. The third-order valence-corrected chi connectivity index (χ3v) is 3.44. The maximum absolute atomic E-state index is 11.8. The van der Waals surface area contributed by atoms with Crippen LogP contribution >= 0.6 is 36.2 Å². The molecular formula is C13H18Cl2N4OS. The summed E-state index contributed by atoms with van der Waals surface area (Å²) in [6.07, 6.45) is 3.18. The topological polar surface area (TPSA) is 80.9 Å². The van der Waals surface area contributed by atoms with Crippen molar-refractivity contribution in [2.75, 3.05) is 13.1 Å². The molecule has 2 aromatic rings. The van der Waals surface area contributed by atoms with Gasteiger partial charge in [-0.15, -0.1) is 36.2 Å². The molecule has 0 aliphatic rings. The van der Waals surface area contributed by atoms with Gasteiger partial charge in [-0.1, -0.05) is 6.07 Å². The molecule has 0 saturated heterocycles. The lowest BCUT2D eigenvalue weighted by Gasteiger charge is -2.02. The van der Waals surface area contributed by atoms with E-state index in [-0.39, 0.29) is 30.7 Å². The molecule has 0 aromatic carbocycles. The summed E-state index contributed by atoms with van der Waals surface area (Å²) in [6, 6.07) is 5.74. The molecule has 0 saturated carbocycles. The monoisotopic (exact) mass is 348 g/mol. The van der Waals surface area contributed by atoms with Gasteiger partial charge >= 0.3 is 0 Å². The Morgan fingerprint density at radius 2 is 2.10 bits per heavy atom. The van der Waals surface area contributed by atoms with Crippen molar-refractivity contribution in [3.05, 3.63) is 46.2 Å². The molecule has 1 amide bonds. The number of pyridine rings is 1. The van der Waals surface area contributed by atoms with Gasteiger partial charge in [0.1, 0.15) is 5.69 Å². The zero-order chi connectivity index (χ0) is 13.5. The minimum Gasteiger partial charge on any atom is -0.350 e. The Morgan fingerprint density at radius 1 is 1.29 bits per heavy atom. The van der Waals surface area contributed by atoms with Gasteiger partial charge in [0, 0.05) is 36.7 Å². The Kier molecular flexibility index (Phi) is 9.90. The number of nitrogens with one attached hydrogen (secondary N) is 1. The highest BCUT2D eigenvalue weighted by Crippen LogP contribution is 2.09. The number of thiazole rings is 1. The van der Waals surface area contributed by atoms with E-state index in [0.29, 0.717) is 31.6 Å². The first-order valence-electron chi connectivity index (χ1n) is 6.12. The fourth-order valence-electron chi connectivity index (χ4n) is 1.59. The molecule has 0 spiro atoms. The van der Waals surface area contributed by atoms with E-state index in [1.807, 2.05) is 18.2 Å². The SMILES string of the molecule is Cl.Cl.NCCc1nc(C(=O)NCCc2ccccn2)cs1. The molecule has 8 heteroatoms. The maximum Gasteiger partial charge on any atom is 0.270 e. The van der Waals surface area contributed by atoms with Crippen molar-refractivity contribution >= 4 is 42.1 Å². The van der Waals surface area contributed by atoms with E-state index in [4.69, 9.17) is 5.73 Å². The van der Waals surface area contributed by atoms with Crippen molar-refractivity contribution in [1.29, 1.82) is 0 Å². The molecule has 3 N–H and O–H groups in total. The van der Waals surface area contributed by atoms with Crippen LogP contribution in [-0.2, 0) is 12.8 Å². The first-order chi connectivity index (χ1) is 9.29. The summed E-state index contributed by atoms with van der Waals surface area (Å²) >= 11 is 1.47. The van der Waals surface area contributed by atoms with E-state index in [1.54, 1.807) is 11.6 Å². The van der Waals surface area contributed by atoms with Crippen LogP contribution in [0.3, 0.4) is 0 Å². The van der Waals surface area contributed by atoms with Crippen molar-refractivity contribution in [3.63, 3.8) is 0 Å². The van der Waals surface area contributed by atoms with Crippen LogP contribution in [0.2, 0.25) is 0 Å². The number of carbonyl (C=O) groups excluding carboxylic acids is 1. The predicted octanol–water partition coefficient (Wildman–Crippen LogP) is 1.86. The highest BCUT2D eigenvalue weighted by molar-refractivity contribution is 7.09. The fourth-order valence-corrected chi connectivity index (χ4v) is 2.39. The highest BCUT2D eigenvalue weighted by Gasteiger charge is 2.09. The number of hydrogen-bond acceptors (Lipinski definition) is 5. The van der Waals surface area contributed by atoms with E-state index in [2.05, 4.69) is 15.3 Å². The quantitative estimate of drug-likeness (QED) is 0.834. The Morgan fingerprint density at radius 3 is 2.76 bits per heavy atom. The zero-order valence-electron chi connectivity index (χ0n) is 11.3. The number of nitrogens with zero attached hydrogens (tertiary/aromatic N) is 2. The smallest absolute Gasteiger partial charge is 0.270 e. The normalized spacial score (nSPS) is 9.38. The summed E-state index contributed by atoms with van der Waals surface area (Å²) in [5, 5.41) is 5.50. The molecule has 0 bridgehead atoms. The molecule has 21 heavy (non-hydrogen) atoms. The third-order valence-electron chi connectivity index (χ3n) is 2.54. The number of aromatic nitrogens is 2. The lowest BCUT2D eigenvalue weighted by atomic mass is 10.2. The van der Waals surface area contributed by atoms with E-state index < -0.39 is 0 Å². The van der Waals surface area contributed by atoms with Crippen molar-refractivity contribution in [2.24, 2.45) is 5.73 Å². The second kappa shape index (κ2) is 10.5. The standard InChI is InChI=1S/C13H16N4OS.2ClH/c14-6-4-12-17-11(9-19-12)13(18)16-8-5-10-3-1-2-7-15-10;;/h1-3,7,9H,4-6,8,14H2,(H,16,18);2*1H. The Balaban J connectivity index is 0.00000200. The van der Waals surface area contributed by atoms with Crippen molar-refractivity contribution in [1.82, 2.24) is 15.3 Å². The number of rotatable bonds is 6. The highest BCUT2D eigenvalue weighted by atomic mass is 35.5. The zero-order valence-corrected chi connectivity index (χ0v) is 13.8. The number of halogens is 2. The molecule has 2 aromatic heterocycles. The van der Waals surface area contributed by atoms with Gasteiger partial charge in [0.2, 0.25) is 0 Å². The number of carbonyl (C=O) groups is 1. The average Bonchev–Trinajstić information content (AvgIpc) is 2.89. The van der Waals surface area contributed by atoms with Gasteiger partial charge in [-0.25, -0.2) is 4.98 Å². The summed E-state index contributed by atoms with van der Waals surface area (Å²) in [4.78, 5) is 20.3. The van der Waals surface area contributed by atoms with Crippen LogP contribution in [0.5, 0.6) is 0 Å². The van der Waals surface area contributed by atoms with Crippen molar-refractivity contribution < 1.29 is 4.79 Å². The minimum absolute atomic E-state index is 0. The van der Waals surface area contributed by atoms with Crippen LogP contribution in [0.25, 0.3) is 0 Å². The molecule has 0 atom stereocenters. The Hall–Kier alpha value is -1.21. The number of amides is 1. The summed E-state index contributed by atoms with van der Waals surface area (Å²) in [5.74, 6) is -0.143. The molecule has 0 fully saturated rings. The van der Waals surface area contributed by atoms with Crippen LogP contribution in [0, 0.1) is 0 Å². The van der Waals surface area contributed by atoms with Crippen LogP contribution in [0.1, 0.15) is 21.2 Å². The summed E-state index contributed by atoms with van der Waals surface area (Å²) < 4.78 is 0. The van der Waals surface area contributed by atoms with Crippen molar-refractivity contribution in [3.8, 4) is 0 Å². The minimum atomic E-state index is -0.143. The molecule has 0 radical (unpaired) electrons. The number of hydrogen-bond donors (Lipinski definition) is 2. The van der Waals surface area contributed by atoms with Gasteiger partial charge in [-0.05, 0) is 18.7 Å². The maximum atomic E-state index is 11.8. The molecule has 0 unspecified atom stereocenters. The first kappa shape index (κ1) is 19.8. The van der Waals surface area contributed by atoms with Gasteiger partial charge in [-0.2, -0.15) is 0 Å². The summed E-state index contributed by atoms with van der Waals surface area (Å²) in [7, 11) is 0. The second-order valence-corrected chi connectivity index (χ2v) is 4.93. The van der Waals surface area contributed by atoms with Crippen LogP contribution in [0.4, 0.5) is 0 Å². The summed E-state index contributed by atoms with van der Waals surface area (Å²) in [5.41, 5.74) is 6.88. The van der Waals surface area contributed by atoms with Gasteiger partial charge in [-0.3, -0.25) is 9.78 Å². The molecule has 2 rings (SSSR count). The number of nitrogens with two attached hydrogens (primary N) is 1. The van der Waals surface area contributed by atoms with Crippen molar-refractivity contribution in [2.45, 2.75) is 12.8 Å². The third kappa shape index (κ3) is 6.39. The lowest BCUT2D eigenvalue weighted by molar-refractivity contribution is 0.0949. The van der Waals surface area contributed by atoms with E-state index >= 15 is 0 Å². The summed E-state index contributed by atoms with van der Waals surface area (Å²) in [6.45, 7) is 1.11. The first-order valence-corrected chi connectivity index (χ1v) is 7.00. The second-order valence-electron chi connectivity index (χ2n) is 3.99. The van der Waals surface area contributed by atoms with Gasteiger partial charge < -0.3 is 11.1 Å². The average molecular weight is 349 g/mol. The Bertz CT molecular complexity index is 536. The van der Waals surface area contributed by atoms with E-state index in [9.17, 15) is 4.79 Å². The molecule has 0 aliphatic carbocycles. The fraction of sp³-hybridized carbons (Fsp3) is 0.308. The largest absolute Gasteiger partial charge is 0.350 e. The molecule has 0 aliphatic heterocycles. The van der Waals surface area contributed by atoms with Crippen LogP contribution in [0.15, 0.2) is 29.8 Å². The molecule has 2 heterocycles. The van der Waals surface area contributed by atoms with Gasteiger partial charge in [0.05, 0.1) is 5.01 Å².